The number of hydrogen-bond acceptors (Lipinski definition) is 5. The van der Waals surface area contributed by atoms with Gasteiger partial charge in [0.05, 0.1) is 39.6 Å². The molecule has 0 spiro atoms. The first-order chi connectivity index (χ1) is 22.0. The van der Waals surface area contributed by atoms with Crippen LogP contribution in [0.1, 0.15) is 36.8 Å². The largest absolute Gasteiger partial charge is 0.507 e. The second-order valence-corrected chi connectivity index (χ2v) is 13.9. The number of allylic oxidation sites excluding steroid dienone is 3. The van der Waals surface area contributed by atoms with Crippen LogP contribution in [0.25, 0.3) is 0 Å². The monoisotopic (exact) mass is 702 g/mol. The molecule has 7 nitrogen and oxygen atoms in total. The van der Waals surface area contributed by atoms with Crippen LogP contribution in [0.15, 0.2) is 89.4 Å². The second-order valence-electron chi connectivity index (χ2n) is 12.6. The highest BCUT2D eigenvalue weighted by Crippen LogP contribution is 2.64. The number of halogens is 3. The molecule has 2 aliphatic carbocycles. The third-order valence-corrected chi connectivity index (χ3v) is 11.2. The first-order valence-corrected chi connectivity index (χ1v) is 16.2. The normalized spacial score (nSPS) is 28.6. The minimum atomic E-state index is -1.37. The number of amides is 4. The van der Waals surface area contributed by atoms with Crippen molar-refractivity contribution < 1.29 is 28.7 Å². The number of rotatable bonds is 5. The number of benzene rings is 3. The van der Waals surface area contributed by atoms with E-state index >= 15 is 0 Å². The summed E-state index contributed by atoms with van der Waals surface area (Å²) in [5.74, 6) is -5.96. The third-order valence-electron chi connectivity index (χ3n) is 10.3. The van der Waals surface area contributed by atoms with Crippen molar-refractivity contribution in [3.05, 3.63) is 111 Å². The minimum Gasteiger partial charge on any atom is -0.507 e. The highest BCUT2D eigenvalue weighted by Gasteiger charge is 2.68. The summed E-state index contributed by atoms with van der Waals surface area (Å²) < 4.78 is 14.9. The molecule has 10 heteroatoms. The Balaban J connectivity index is 1.39. The fraction of sp³-hybridized carbons (Fsp3) is 0.278. The molecule has 1 saturated carbocycles. The number of carbonyl (C=O) groups is 4. The highest BCUT2D eigenvalue weighted by molar-refractivity contribution is 9.10. The molecule has 3 aromatic carbocycles. The Bertz CT molecular complexity index is 1890. The van der Waals surface area contributed by atoms with Crippen LogP contribution in [-0.4, -0.2) is 28.7 Å². The van der Waals surface area contributed by atoms with Crippen molar-refractivity contribution >= 4 is 62.5 Å². The lowest BCUT2D eigenvalue weighted by atomic mass is 9.51. The molecule has 0 bridgehead atoms. The Morgan fingerprint density at radius 1 is 1.00 bits per heavy atom. The van der Waals surface area contributed by atoms with Gasteiger partial charge in [-0.15, -0.1) is 6.58 Å². The summed E-state index contributed by atoms with van der Waals surface area (Å²) in [4.78, 5) is 59.2. The van der Waals surface area contributed by atoms with Gasteiger partial charge in [0.25, 0.3) is 0 Å². The predicted molar refractivity (Wildman–Crippen MR) is 175 cm³/mol. The van der Waals surface area contributed by atoms with Crippen molar-refractivity contribution in [2.75, 3.05) is 9.80 Å². The molecule has 4 aliphatic rings. The maximum absolute atomic E-state index is 14.6. The molecular weight excluding hydrogens is 675 g/mol. The van der Waals surface area contributed by atoms with Gasteiger partial charge in [0.2, 0.25) is 23.6 Å². The predicted octanol–water partition coefficient (Wildman–Crippen LogP) is 7.11. The zero-order valence-corrected chi connectivity index (χ0v) is 27.1. The molecule has 0 radical (unpaired) electrons. The molecule has 4 amide bonds. The summed E-state index contributed by atoms with van der Waals surface area (Å²) in [6.45, 7) is 5.53. The molecule has 2 aliphatic heterocycles. The molecule has 234 valence electrons. The van der Waals surface area contributed by atoms with E-state index in [2.05, 4.69) is 22.5 Å². The molecule has 46 heavy (non-hydrogen) atoms. The Kier molecular flexibility index (Phi) is 7.32. The third kappa shape index (κ3) is 4.28. The molecule has 0 aromatic heterocycles. The number of aromatic hydroxyl groups is 1. The summed E-state index contributed by atoms with van der Waals surface area (Å²) in [7, 11) is 0. The number of carbonyl (C=O) groups excluding carboxylic acids is 4. The lowest BCUT2D eigenvalue weighted by molar-refractivity contribution is -0.131. The first kappa shape index (κ1) is 30.6. The van der Waals surface area contributed by atoms with Crippen LogP contribution in [0, 0.1) is 34.9 Å². The van der Waals surface area contributed by atoms with E-state index in [1.54, 1.807) is 55.5 Å². The summed E-state index contributed by atoms with van der Waals surface area (Å²) in [5, 5.41) is 11.4. The molecule has 3 aromatic rings. The van der Waals surface area contributed by atoms with E-state index in [1.165, 1.54) is 17.0 Å². The maximum Gasteiger partial charge on any atom is 0.241 e. The lowest BCUT2D eigenvalue weighted by Crippen LogP contribution is -2.49. The average molecular weight is 704 g/mol. The highest BCUT2D eigenvalue weighted by atomic mass is 79.9. The van der Waals surface area contributed by atoms with E-state index in [0.29, 0.717) is 23.2 Å². The molecule has 2 saturated heterocycles. The van der Waals surface area contributed by atoms with E-state index in [-0.39, 0.29) is 41.1 Å². The Morgan fingerprint density at radius 3 is 2.41 bits per heavy atom. The van der Waals surface area contributed by atoms with Gasteiger partial charge in [-0.25, -0.2) is 9.29 Å². The molecule has 2 heterocycles. The smallest absolute Gasteiger partial charge is 0.241 e. The van der Waals surface area contributed by atoms with Gasteiger partial charge in [0.1, 0.15) is 11.6 Å². The van der Waals surface area contributed by atoms with Crippen LogP contribution in [0.4, 0.5) is 15.8 Å². The number of fused-ring (bicyclic) bond motifs is 4. The van der Waals surface area contributed by atoms with E-state index in [9.17, 15) is 28.7 Å². The van der Waals surface area contributed by atoms with Crippen LogP contribution in [-0.2, 0) is 25.6 Å². The van der Waals surface area contributed by atoms with Crippen LogP contribution in [0.2, 0.25) is 5.02 Å². The number of imide groups is 2. The summed E-state index contributed by atoms with van der Waals surface area (Å²) in [6, 6.07) is 16.0. The number of anilines is 2. The number of hydrogen-bond donors (Lipinski definition) is 1. The molecule has 1 N–H and O–H groups in total. The Morgan fingerprint density at radius 2 is 1.72 bits per heavy atom. The van der Waals surface area contributed by atoms with Crippen LogP contribution >= 0.6 is 27.5 Å². The summed E-state index contributed by atoms with van der Waals surface area (Å²) in [5.41, 5.74) is 1.06. The van der Waals surface area contributed by atoms with Gasteiger partial charge < -0.3 is 5.11 Å². The zero-order chi connectivity index (χ0) is 32.7. The van der Waals surface area contributed by atoms with Crippen molar-refractivity contribution in [2.24, 2.45) is 29.1 Å². The lowest BCUT2D eigenvalue weighted by Gasteiger charge is -2.49. The average Bonchev–Trinajstić information content (AvgIpc) is 3.40. The molecule has 3 fully saturated rings. The van der Waals surface area contributed by atoms with E-state index in [4.69, 9.17) is 11.6 Å². The standard InChI is InChI=1S/C36H29BrClFN2O5/c1-3-5-18-6-4-7-24(31(18)42)30-22-13-14-23-29(34(45)40(32(23)43)20-10-8-19(37)9-11-20)25(22)17-26-33(44)41(35(46)36(26,30)2)21-12-15-28(39)27(38)16-21/h3-4,6-13,15-16,23,25-26,29-30,42H,1,5,14,17H2,2H3. The van der Waals surface area contributed by atoms with E-state index < -0.39 is 52.6 Å². The quantitative estimate of drug-likeness (QED) is 0.226. The fourth-order valence-corrected chi connectivity index (χ4v) is 8.68. The van der Waals surface area contributed by atoms with Gasteiger partial charge in [-0.1, -0.05) is 63.5 Å². The first-order valence-electron chi connectivity index (χ1n) is 15.1. The van der Waals surface area contributed by atoms with Crippen molar-refractivity contribution in [1.82, 2.24) is 0 Å². The Hall–Kier alpha value is -4.08. The zero-order valence-electron chi connectivity index (χ0n) is 24.8. The SMILES string of the molecule is C=CCc1cccc(C2C3=CCC4C(=O)N(c5ccc(Br)cc5)C(=O)C4C3CC3C(=O)N(c4ccc(F)c(Cl)c4)C(=O)C32C)c1O. The maximum atomic E-state index is 14.6. The van der Waals surface area contributed by atoms with Gasteiger partial charge in [-0.05, 0) is 80.1 Å². The molecule has 6 unspecified atom stereocenters. The molecule has 6 atom stereocenters. The topological polar surface area (TPSA) is 95.0 Å². The van der Waals surface area contributed by atoms with Crippen molar-refractivity contribution in [2.45, 2.75) is 32.1 Å². The van der Waals surface area contributed by atoms with Gasteiger partial charge >= 0.3 is 0 Å². The van der Waals surface area contributed by atoms with Crippen LogP contribution in [0.5, 0.6) is 5.75 Å². The van der Waals surface area contributed by atoms with E-state index in [0.717, 1.165) is 21.0 Å². The van der Waals surface area contributed by atoms with Crippen molar-refractivity contribution in [1.29, 1.82) is 0 Å². The summed E-state index contributed by atoms with van der Waals surface area (Å²) >= 11 is 9.48. The van der Waals surface area contributed by atoms with Gasteiger partial charge in [-0.3, -0.25) is 24.1 Å². The van der Waals surface area contributed by atoms with Crippen molar-refractivity contribution in [3.8, 4) is 5.75 Å². The van der Waals surface area contributed by atoms with Gasteiger partial charge in [0.15, 0.2) is 0 Å². The van der Waals surface area contributed by atoms with Crippen LogP contribution in [0.3, 0.4) is 0 Å². The van der Waals surface area contributed by atoms with Gasteiger partial charge in [-0.2, -0.15) is 0 Å². The van der Waals surface area contributed by atoms with Crippen molar-refractivity contribution in [3.63, 3.8) is 0 Å². The van der Waals surface area contributed by atoms with Gasteiger partial charge in [0, 0.05) is 16.0 Å². The number of para-hydroxylation sites is 1. The fourth-order valence-electron chi connectivity index (χ4n) is 8.24. The Labute approximate surface area is 278 Å². The molecular formula is C36H29BrClFN2O5. The summed E-state index contributed by atoms with van der Waals surface area (Å²) in [6.07, 6.45) is 4.40. The second kappa shape index (κ2) is 11.0. The number of phenols is 1. The van der Waals surface area contributed by atoms with E-state index in [1.807, 2.05) is 6.08 Å². The van der Waals surface area contributed by atoms with Crippen LogP contribution < -0.4 is 9.80 Å². The minimum absolute atomic E-state index is 0.00936. The molecule has 7 rings (SSSR count). The number of phenolic OH excluding ortho intramolecular Hbond substituents is 1. The number of nitrogens with zero attached hydrogens (tertiary/aromatic N) is 2.